The molecule has 2 heterocycles. The largest absolute Gasteiger partial charge is 0.364 e. The van der Waals surface area contributed by atoms with Gasteiger partial charge >= 0.3 is 0 Å². The molecule has 12 heavy (non-hydrogen) atoms. The summed E-state index contributed by atoms with van der Waals surface area (Å²) in [6.07, 6.45) is 3.28. The highest BCUT2D eigenvalue weighted by molar-refractivity contribution is 9.10. The highest BCUT2D eigenvalue weighted by Crippen LogP contribution is 2.18. The maximum atomic E-state index is 4.10. The number of rotatable bonds is 2. The van der Waals surface area contributed by atoms with E-state index in [1.165, 1.54) is 0 Å². The van der Waals surface area contributed by atoms with Gasteiger partial charge in [0.1, 0.15) is 12.1 Å². The number of hydrogen-bond acceptors (Lipinski definition) is 4. The SMILES string of the molecule is Brc1cncnc1NC1CNC1. The maximum Gasteiger partial charge on any atom is 0.144 e. The van der Waals surface area contributed by atoms with Crippen molar-refractivity contribution in [3.05, 3.63) is 17.0 Å². The molecular weight excluding hydrogens is 220 g/mol. The Morgan fingerprint density at radius 2 is 2.42 bits per heavy atom. The van der Waals surface area contributed by atoms with Crippen LogP contribution in [0.25, 0.3) is 0 Å². The van der Waals surface area contributed by atoms with Crippen molar-refractivity contribution < 1.29 is 0 Å². The van der Waals surface area contributed by atoms with E-state index >= 15 is 0 Å². The quantitative estimate of drug-likeness (QED) is 0.780. The van der Waals surface area contributed by atoms with Crippen LogP contribution in [0.1, 0.15) is 0 Å². The second-order valence-corrected chi connectivity index (χ2v) is 3.57. The monoisotopic (exact) mass is 228 g/mol. The van der Waals surface area contributed by atoms with Crippen LogP contribution < -0.4 is 10.6 Å². The van der Waals surface area contributed by atoms with E-state index < -0.39 is 0 Å². The van der Waals surface area contributed by atoms with E-state index in [4.69, 9.17) is 0 Å². The Balaban J connectivity index is 2.06. The lowest BCUT2D eigenvalue weighted by atomic mass is 10.2. The van der Waals surface area contributed by atoms with Gasteiger partial charge in [0.15, 0.2) is 0 Å². The van der Waals surface area contributed by atoms with E-state index in [0.717, 1.165) is 23.4 Å². The van der Waals surface area contributed by atoms with Gasteiger partial charge in [-0.25, -0.2) is 9.97 Å². The van der Waals surface area contributed by atoms with Gasteiger partial charge in [0.25, 0.3) is 0 Å². The Morgan fingerprint density at radius 3 is 3.00 bits per heavy atom. The molecule has 4 nitrogen and oxygen atoms in total. The van der Waals surface area contributed by atoms with Gasteiger partial charge in [-0.05, 0) is 15.9 Å². The molecule has 1 aromatic heterocycles. The fourth-order valence-corrected chi connectivity index (χ4v) is 1.34. The molecule has 2 N–H and O–H groups in total. The van der Waals surface area contributed by atoms with Crippen molar-refractivity contribution in [2.24, 2.45) is 0 Å². The summed E-state index contributed by atoms with van der Waals surface area (Å²) in [5.41, 5.74) is 0. The minimum Gasteiger partial charge on any atom is -0.364 e. The second-order valence-electron chi connectivity index (χ2n) is 2.72. The van der Waals surface area contributed by atoms with E-state index in [9.17, 15) is 0 Å². The zero-order valence-corrected chi connectivity index (χ0v) is 8.00. The van der Waals surface area contributed by atoms with E-state index in [0.29, 0.717) is 6.04 Å². The van der Waals surface area contributed by atoms with Crippen LogP contribution >= 0.6 is 15.9 Å². The lowest BCUT2D eigenvalue weighted by Crippen LogP contribution is -2.51. The predicted molar refractivity (Wildman–Crippen MR) is 50.0 cm³/mol. The van der Waals surface area contributed by atoms with Crippen LogP contribution in [0.5, 0.6) is 0 Å². The van der Waals surface area contributed by atoms with Gasteiger partial charge in [-0.1, -0.05) is 0 Å². The van der Waals surface area contributed by atoms with Crippen molar-refractivity contribution in [2.45, 2.75) is 6.04 Å². The molecule has 1 aliphatic heterocycles. The summed E-state index contributed by atoms with van der Waals surface area (Å²) in [6, 6.07) is 0.510. The maximum absolute atomic E-state index is 4.10. The third-order valence-corrected chi connectivity index (χ3v) is 2.37. The van der Waals surface area contributed by atoms with Gasteiger partial charge in [0.2, 0.25) is 0 Å². The van der Waals surface area contributed by atoms with Gasteiger partial charge < -0.3 is 10.6 Å². The molecule has 0 unspecified atom stereocenters. The van der Waals surface area contributed by atoms with Crippen LogP contribution in [0.15, 0.2) is 17.0 Å². The van der Waals surface area contributed by atoms with Gasteiger partial charge in [0.05, 0.1) is 10.5 Å². The van der Waals surface area contributed by atoms with Crippen LogP contribution in [0, 0.1) is 0 Å². The normalized spacial score (nSPS) is 17.1. The standard InChI is InChI=1S/C7H9BrN4/c8-6-3-10-4-11-7(6)12-5-1-9-2-5/h3-5,9H,1-2H2,(H,10,11,12). The third-order valence-electron chi connectivity index (χ3n) is 1.79. The van der Waals surface area contributed by atoms with Crippen molar-refractivity contribution in [1.29, 1.82) is 0 Å². The average molecular weight is 229 g/mol. The first-order chi connectivity index (χ1) is 5.86. The first-order valence-corrected chi connectivity index (χ1v) is 4.58. The van der Waals surface area contributed by atoms with Gasteiger partial charge in [0, 0.05) is 19.3 Å². The first-order valence-electron chi connectivity index (χ1n) is 3.79. The molecular formula is C7H9BrN4. The van der Waals surface area contributed by atoms with Crippen LogP contribution in [0.3, 0.4) is 0 Å². The van der Waals surface area contributed by atoms with Crippen molar-refractivity contribution in [2.75, 3.05) is 18.4 Å². The highest BCUT2D eigenvalue weighted by atomic mass is 79.9. The fourth-order valence-electron chi connectivity index (χ4n) is 1.00. The molecule has 0 aromatic carbocycles. The van der Waals surface area contributed by atoms with Crippen molar-refractivity contribution in [3.63, 3.8) is 0 Å². The number of nitrogens with zero attached hydrogens (tertiary/aromatic N) is 2. The lowest BCUT2D eigenvalue weighted by Gasteiger charge is -2.28. The topological polar surface area (TPSA) is 49.8 Å². The zero-order chi connectivity index (χ0) is 8.39. The smallest absolute Gasteiger partial charge is 0.144 e. The minimum absolute atomic E-state index is 0.510. The summed E-state index contributed by atoms with van der Waals surface area (Å²) in [7, 11) is 0. The molecule has 0 spiro atoms. The Kier molecular flexibility index (Phi) is 2.23. The number of halogens is 1. The number of hydrogen-bond donors (Lipinski definition) is 2. The van der Waals surface area contributed by atoms with Gasteiger partial charge in [-0.2, -0.15) is 0 Å². The predicted octanol–water partition coefficient (Wildman–Crippen LogP) is 0.623. The molecule has 0 atom stereocenters. The van der Waals surface area contributed by atoms with Crippen molar-refractivity contribution in [3.8, 4) is 0 Å². The summed E-state index contributed by atoms with van der Waals surface area (Å²) in [5, 5.41) is 6.47. The third kappa shape index (κ3) is 1.56. The fraction of sp³-hybridized carbons (Fsp3) is 0.429. The second kappa shape index (κ2) is 3.37. The first kappa shape index (κ1) is 7.94. The average Bonchev–Trinajstić information content (AvgIpc) is 2.00. The minimum atomic E-state index is 0.510. The summed E-state index contributed by atoms with van der Waals surface area (Å²) in [6.45, 7) is 2.02. The Hall–Kier alpha value is -0.680. The Bertz CT molecular complexity index is 274. The lowest BCUT2D eigenvalue weighted by molar-refractivity contribution is 0.471. The molecule has 1 saturated heterocycles. The van der Waals surface area contributed by atoms with Crippen LogP contribution in [0.4, 0.5) is 5.82 Å². The number of aromatic nitrogens is 2. The Labute approximate surface area is 78.9 Å². The van der Waals surface area contributed by atoms with Gasteiger partial charge in [-0.15, -0.1) is 0 Å². The van der Waals surface area contributed by atoms with Gasteiger partial charge in [-0.3, -0.25) is 0 Å². The van der Waals surface area contributed by atoms with Crippen LogP contribution in [-0.2, 0) is 0 Å². The van der Waals surface area contributed by atoms with Crippen LogP contribution in [0.2, 0.25) is 0 Å². The molecule has 0 radical (unpaired) electrons. The molecule has 2 rings (SSSR count). The molecule has 64 valence electrons. The van der Waals surface area contributed by atoms with E-state index in [2.05, 4.69) is 36.5 Å². The molecule has 0 bridgehead atoms. The highest BCUT2D eigenvalue weighted by Gasteiger charge is 2.17. The number of anilines is 1. The molecule has 1 aromatic rings. The zero-order valence-electron chi connectivity index (χ0n) is 6.42. The molecule has 0 amide bonds. The summed E-state index contributed by atoms with van der Waals surface area (Å²) < 4.78 is 0.914. The van der Waals surface area contributed by atoms with Crippen molar-refractivity contribution in [1.82, 2.24) is 15.3 Å². The molecule has 0 aliphatic carbocycles. The molecule has 1 aliphatic rings. The van der Waals surface area contributed by atoms with Crippen molar-refractivity contribution >= 4 is 21.7 Å². The Morgan fingerprint density at radius 1 is 1.58 bits per heavy atom. The van der Waals surface area contributed by atoms with E-state index in [1.54, 1.807) is 12.5 Å². The molecule has 5 heteroatoms. The summed E-state index contributed by atoms with van der Waals surface area (Å²) >= 11 is 3.37. The molecule has 0 saturated carbocycles. The van der Waals surface area contributed by atoms with E-state index in [-0.39, 0.29) is 0 Å². The molecule has 1 fully saturated rings. The summed E-state index contributed by atoms with van der Waals surface area (Å²) in [5.74, 6) is 0.872. The van der Waals surface area contributed by atoms with E-state index in [1.807, 2.05) is 0 Å². The number of nitrogens with one attached hydrogen (secondary N) is 2. The summed E-state index contributed by atoms with van der Waals surface area (Å²) in [4.78, 5) is 7.99. The van der Waals surface area contributed by atoms with Crippen LogP contribution in [-0.4, -0.2) is 29.1 Å².